The fourth-order valence-corrected chi connectivity index (χ4v) is 5.28. The molecule has 3 aromatic heterocycles. The van der Waals surface area contributed by atoms with Gasteiger partial charge in [-0.2, -0.15) is 0 Å². The number of hydrogen-bond donors (Lipinski definition) is 1. The monoisotopic (exact) mass is 452 g/mol. The predicted molar refractivity (Wildman–Crippen MR) is 119 cm³/mol. The third kappa shape index (κ3) is 3.42. The Bertz CT molecular complexity index is 1460. The zero-order valence-electron chi connectivity index (χ0n) is 17.5. The Morgan fingerprint density at radius 2 is 2.16 bits per heavy atom. The lowest BCUT2D eigenvalue weighted by atomic mass is 10.0. The molecule has 0 bridgehead atoms. The van der Waals surface area contributed by atoms with Crippen molar-refractivity contribution < 1.29 is 14.1 Å². The molecule has 10 heteroatoms. The number of aromatic amines is 1. The summed E-state index contributed by atoms with van der Waals surface area (Å²) >= 11 is 1.35. The Balaban J connectivity index is 1.51. The van der Waals surface area contributed by atoms with Crippen LogP contribution in [0, 0.1) is 6.92 Å². The van der Waals surface area contributed by atoms with E-state index in [1.54, 1.807) is 42.2 Å². The molecule has 0 saturated carbocycles. The first-order chi connectivity index (χ1) is 15.4. The topological polar surface area (TPSA) is 110 Å². The maximum absolute atomic E-state index is 13.4. The summed E-state index contributed by atoms with van der Waals surface area (Å²) in [7, 11) is 1.53. The summed E-state index contributed by atoms with van der Waals surface area (Å²) in [5, 5.41) is 4.32. The molecule has 0 radical (unpaired) electrons. The van der Waals surface area contributed by atoms with E-state index in [-0.39, 0.29) is 17.9 Å². The van der Waals surface area contributed by atoms with Gasteiger partial charge in [0.15, 0.2) is 0 Å². The summed E-state index contributed by atoms with van der Waals surface area (Å²) in [6.07, 6.45) is 0.677. The normalized spacial score (nSPS) is 13.4. The first-order valence-electron chi connectivity index (χ1n) is 10.1. The van der Waals surface area contributed by atoms with E-state index in [9.17, 15) is 14.4 Å². The standard InChI is InChI=1S/C22H20N4O5S/c1-12-8-15(31-24-12)10-18(27)25-7-6-16-17(11-25)32-20-19(16)21(28)26(22(29)23-20)13-4-3-5-14(9-13)30-2/h3-5,8-9H,6-7,10-11H2,1-2H3,(H,23,29). The molecule has 0 saturated heterocycles. The number of carbonyl (C=O) groups excluding carboxylic acids is 1. The summed E-state index contributed by atoms with van der Waals surface area (Å²) in [5.41, 5.74) is 1.18. The van der Waals surface area contributed by atoms with Crippen molar-refractivity contribution in [2.24, 2.45) is 0 Å². The number of methoxy groups -OCH3 is 1. The number of ether oxygens (including phenoxy) is 1. The van der Waals surface area contributed by atoms with Crippen LogP contribution in [0.25, 0.3) is 15.9 Å². The van der Waals surface area contributed by atoms with Gasteiger partial charge in [-0.05, 0) is 31.0 Å². The zero-order chi connectivity index (χ0) is 22.4. The van der Waals surface area contributed by atoms with Crippen LogP contribution in [0.5, 0.6) is 5.75 Å². The van der Waals surface area contributed by atoms with E-state index >= 15 is 0 Å². The van der Waals surface area contributed by atoms with Crippen molar-refractivity contribution in [3.8, 4) is 11.4 Å². The average molecular weight is 452 g/mol. The molecule has 164 valence electrons. The number of nitrogens with zero attached hydrogens (tertiary/aromatic N) is 3. The van der Waals surface area contributed by atoms with Crippen LogP contribution in [0.15, 0.2) is 44.4 Å². The number of carbonyl (C=O) groups is 1. The highest BCUT2D eigenvalue weighted by Crippen LogP contribution is 2.32. The van der Waals surface area contributed by atoms with Crippen molar-refractivity contribution >= 4 is 27.5 Å². The molecule has 4 heterocycles. The molecule has 9 nitrogen and oxygen atoms in total. The SMILES string of the molecule is COc1cccc(-n2c(=O)[nH]c3sc4c(c3c2=O)CCN(C(=O)Cc2cc(C)no2)C4)c1. The molecule has 0 spiro atoms. The van der Waals surface area contributed by atoms with Crippen molar-refractivity contribution in [3.05, 3.63) is 73.1 Å². The number of rotatable bonds is 4. The second-order valence-corrected chi connectivity index (χ2v) is 8.76. The second kappa shape index (κ2) is 7.79. The fourth-order valence-electron chi connectivity index (χ4n) is 4.03. The van der Waals surface area contributed by atoms with E-state index in [1.165, 1.54) is 18.4 Å². The number of H-pyrrole nitrogens is 1. The number of amides is 1. The van der Waals surface area contributed by atoms with Gasteiger partial charge in [0, 0.05) is 23.6 Å². The number of thiophene rings is 1. The van der Waals surface area contributed by atoms with Crippen molar-refractivity contribution in [1.82, 2.24) is 19.6 Å². The third-order valence-corrected chi connectivity index (χ3v) is 6.70. The molecular weight excluding hydrogens is 432 g/mol. The highest BCUT2D eigenvalue weighted by molar-refractivity contribution is 7.18. The van der Waals surface area contributed by atoms with Crippen LogP contribution in [0.3, 0.4) is 0 Å². The van der Waals surface area contributed by atoms with E-state index < -0.39 is 5.69 Å². The van der Waals surface area contributed by atoms with Crippen molar-refractivity contribution in [1.29, 1.82) is 0 Å². The molecule has 1 aliphatic rings. The maximum Gasteiger partial charge on any atom is 0.334 e. The summed E-state index contributed by atoms with van der Waals surface area (Å²) < 4.78 is 11.5. The van der Waals surface area contributed by atoms with E-state index in [0.717, 1.165) is 20.7 Å². The maximum atomic E-state index is 13.4. The number of aromatic nitrogens is 3. The molecule has 0 atom stereocenters. The molecule has 4 aromatic rings. The Morgan fingerprint density at radius 1 is 1.31 bits per heavy atom. The lowest BCUT2D eigenvalue weighted by molar-refractivity contribution is -0.131. The lowest BCUT2D eigenvalue weighted by Crippen LogP contribution is -2.37. The fraction of sp³-hybridized carbons (Fsp3) is 0.273. The van der Waals surface area contributed by atoms with E-state index in [0.29, 0.717) is 46.9 Å². The van der Waals surface area contributed by atoms with E-state index in [4.69, 9.17) is 9.26 Å². The minimum absolute atomic E-state index is 0.0634. The van der Waals surface area contributed by atoms with Gasteiger partial charge < -0.3 is 14.2 Å². The smallest absolute Gasteiger partial charge is 0.334 e. The molecule has 32 heavy (non-hydrogen) atoms. The Labute approximate surface area is 185 Å². The van der Waals surface area contributed by atoms with Crippen LogP contribution in [0.1, 0.15) is 21.9 Å². The molecule has 1 amide bonds. The quantitative estimate of drug-likeness (QED) is 0.508. The van der Waals surface area contributed by atoms with Gasteiger partial charge in [0.05, 0.1) is 36.8 Å². The first kappa shape index (κ1) is 20.3. The van der Waals surface area contributed by atoms with Crippen LogP contribution in [0.2, 0.25) is 0 Å². The minimum Gasteiger partial charge on any atom is -0.497 e. The molecule has 5 rings (SSSR count). The minimum atomic E-state index is -0.511. The number of aryl methyl sites for hydroxylation is 1. The molecule has 1 aliphatic heterocycles. The summed E-state index contributed by atoms with van der Waals surface area (Å²) in [4.78, 5) is 44.8. The number of nitrogens with one attached hydrogen (secondary N) is 1. The Morgan fingerprint density at radius 3 is 2.91 bits per heavy atom. The third-order valence-electron chi connectivity index (χ3n) is 5.56. The molecule has 0 fully saturated rings. The van der Waals surface area contributed by atoms with Crippen molar-refractivity contribution in [3.63, 3.8) is 0 Å². The molecule has 0 aliphatic carbocycles. The zero-order valence-corrected chi connectivity index (χ0v) is 18.3. The van der Waals surface area contributed by atoms with Gasteiger partial charge in [-0.1, -0.05) is 11.2 Å². The number of hydrogen-bond acceptors (Lipinski definition) is 7. The van der Waals surface area contributed by atoms with Crippen LogP contribution >= 0.6 is 11.3 Å². The van der Waals surface area contributed by atoms with Crippen LogP contribution in [0.4, 0.5) is 0 Å². The largest absolute Gasteiger partial charge is 0.497 e. The number of benzene rings is 1. The Kier molecular flexibility index (Phi) is 4.93. The Hall–Kier alpha value is -3.66. The highest BCUT2D eigenvalue weighted by Gasteiger charge is 2.27. The van der Waals surface area contributed by atoms with Gasteiger partial charge in [-0.25, -0.2) is 9.36 Å². The van der Waals surface area contributed by atoms with Gasteiger partial charge in [0.25, 0.3) is 5.56 Å². The van der Waals surface area contributed by atoms with Crippen LogP contribution < -0.4 is 16.0 Å². The van der Waals surface area contributed by atoms with Crippen molar-refractivity contribution in [2.75, 3.05) is 13.7 Å². The lowest BCUT2D eigenvalue weighted by Gasteiger charge is -2.26. The van der Waals surface area contributed by atoms with Gasteiger partial charge in [0.2, 0.25) is 5.91 Å². The molecule has 1 aromatic carbocycles. The van der Waals surface area contributed by atoms with Crippen LogP contribution in [-0.4, -0.2) is 39.2 Å². The van der Waals surface area contributed by atoms with E-state index in [1.807, 2.05) is 0 Å². The molecular formula is C22H20N4O5S. The van der Waals surface area contributed by atoms with Crippen LogP contribution in [-0.2, 0) is 24.2 Å². The molecule has 1 N–H and O–H groups in total. The van der Waals surface area contributed by atoms with Gasteiger partial charge in [-0.3, -0.25) is 14.6 Å². The predicted octanol–water partition coefficient (Wildman–Crippen LogP) is 2.17. The van der Waals surface area contributed by atoms with Gasteiger partial charge >= 0.3 is 5.69 Å². The highest BCUT2D eigenvalue weighted by atomic mass is 32.1. The van der Waals surface area contributed by atoms with Crippen molar-refractivity contribution in [2.45, 2.75) is 26.3 Å². The average Bonchev–Trinajstić information content (AvgIpc) is 3.35. The number of fused-ring (bicyclic) bond motifs is 3. The molecule has 0 unspecified atom stereocenters. The second-order valence-electron chi connectivity index (χ2n) is 7.66. The van der Waals surface area contributed by atoms with E-state index in [2.05, 4.69) is 10.1 Å². The van der Waals surface area contributed by atoms with Gasteiger partial charge in [0.1, 0.15) is 16.3 Å². The summed E-state index contributed by atoms with van der Waals surface area (Å²) in [6.45, 7) is 2.69. The summed E-state index contributed by atoms with van der Waals surface area (Å²) in [6, 6.07) is 8.56. The van der Waals surface area contributed by atoms with Gasteiger partial charge in [-0.15, -0.1) is 11.3 Å². The first-order valence-corrected chi connectivity index (χ1v) is 10.9. The summed E-state index contributed by atoms with van der Waals surface area (Å²) in [5.74, 6) is 1.02.